The summed E-state index contributed by atoms with van der Waals surface area (Å²) < 4.78 is 24.1. The van der Waals surface area contributed by atoms with Gasteiger partial charge in [0.25, 0.3) is 0 Å². The van der Waals surface area contributed by atoms with Crippen molar-refractivity contribution in [2.45, 2.75) is 13.1 Å². The van der Waals surface area contributed by atoms with Gasteiger partial charge in [0.15, 0.2) is 29.0 Å². The molecule has 3 rings (SSSR count). The molecule has 25 heavy (non-hydrogen) atoms. The summed E-state index contributed by atoms with van der Waals surface area (Å²) in [5, 5.41) is 12.4. The fraction of sp³-hybridized carbons (Fsp3) is 0.278. The van der Waals surface area contributed by atoms with Crippen LogP contribution < -0.4 is 14.8 Å². The SMILES string of the molecule is CN=C(NCc1ccc(O)c(F)c1)N(C)Cc1ccc2c(c1)OCO2. The third-order valence-corrected chi connectivity index (χ3v) is 3.89. The minimum atomic E-state index is -0.636. The summed E-state index contributed by atoms with van der Waals surface area (Å²) in [6.45, 7) is 1.27. The molecule has 0 aliphatic carbocycles. The summed E-state index contributed by atoms with van der Waals surface area (Å²) in [7, 11) is 3.60. The highest BCUT2D eigenvalue weighted by atomic mass is 19.1. The van der Waals surface area contributed by atoms with Crippen LogP contribution in [0.1, 0.15) is 11.1 Å². The number of phenols is 1. The van der Waals surface area contributed by atoms with Crippen LogP contribution in [-0.2, 0) is 13.1 Å². The van der Waals surface area contributed by atoms with Crippen molar-refractivity contribution in [1.29, 1.82) is 0 Å². The molecule has 0 amide bonds. The number of aromatic hydroxyl groups is 1. The summed E-state index contributed by atoms with van der Waals surface area (Å²) in [6, 6.07) is 10.1. The lowest BCUT2D eigenvalue weighted by Crippen LogP contribution is -2.38. The fourth-order valence-electron chi connectivity index (χ4n) is 2.61. The Morgan fingerprint density at radius 2 is 1.96 bits per heavy atom. The molecular formula is C18H20FN3O3. The largest absolute Gasteiger partial charge is 0.505 e. The van der Waals surface area contributed by atoms with Crippen LogP contribution in [0.15, 0.2) is 41.4 Å². The van der Waals surface area contributed by atoms with Gasteiger partial charge in [-0.25, -0.2) is 4.39 Å². The molecule has 7 heteroatoms. The van der Waals surface area contributed by atoms with Gasteiger partial charge in [-0.2, -0.15) is 0 Å². The molecule has 0 saturated carbocycles. The number of phenolic OH excluding ortho intramolecular Hbond substituents is 1. The Balaban J connectivity index is 1.61. The van der Waals surface area contributed by atoms with E-state index in [1.54, 1.807) is 13.1 Å². The average molecular weight is 345 g/mol. The van der Waals surface area contributed by atoms with Crippen LogP contribution in [0.25, 0.3) is 0 Å². The van der Waals surface area contributed by atoms with E-state index < -0.39 is 5.82 Å². The van der Waals surface area contributed by atoms with Crippen molar-refractivity contribution in [3.63, 3.8) is 0 Å². The zero-order valence-corrected chi connectivity index (χ0v) is 14.1. The van der Waals surface area contributed by atoms with Crippen molar-refractivity contribution in [3.8, 4) is 17.2 Å². The monoisotopic (exact) mass is 345 g/mol. The number of benzene rings is 2. The third-order valence-electron chi connectivity index (χ3n) is 3.89. The minimum Gasteiger partial charge on any atom is -0.505 e. The van der Waals surface area contributed by atoms with Crippen molar-refractivity contribution in [2.75, 3.05) is 20.9 Å². The van der Waals surface area contributed by atoms with Gasteiger partial charge in [-0.05, 0) is 35.4 Å². The van der Waals surface area contributed by atoms with Gasteiger partial charge in [0.1, 0.15) is 0 Å². The number of nitrogens with zero attached hydrogens (tertiary/aromatic N) is 2. The van der Waals surface area contributed by atoms with E-state index >= 15 is 0 Å². The van der Waals surface area contributed by atoms with Gasteiger partial charge in [0, 0.05) is 27.2 Å². The smallest absolute Gasteiger partial charge is 0.231 e. The number of hydrogen-bond acceptors (Lipinski definition) is 4. The van der Waals surface area contributed by atoms with E-state index in [-0.39, 0.29) is 12.5 Å². The molecule has 2 aromatic carbocycles. The van der Waals surface area contributed by atoms with Crippen LogP contribution in [0.4, 0.5) is 4.39 Å². The molecular weight excluding hydrogens is 325 g/mol. The lowest BCUT2D eigenvalue weighted by molar-refractivity contribution is 0.174. The van der Waals surface area contributed by atoms with Crippen molar-refractivity contribution in [2.24, 2.45) is 4.99 Å². The van der Waals surface area contributed by atoms with E-state index in [0.29, 0.717) is 24.6 Å². The molecule has 2 N–H and O–H groups in total. The number of rotatable bonds is 4. The highest BCUT2D eigenvalue weighted by molar-refractivity contribution is 5.79. The van der Waals surface area contributed by atoms with Crippen LogP contribution in [0, 0.1) is 5.82 Å². The molecule has 0 radical (unpaired) electrons. The first-order chi connectivity index (χ1) is 12.1. The molecule has 0 fully saturated rings. The Morgan fingerprint density at radius 1 is 1.20 bits per heavy atom. The Labute approximate surface area is 145 Å². The van der Waals surface area contributed by atoms with Gasteiger partial charge in [0.05, 0.1) is 0 Å². The van der Waals surface area contributed by atoms with Crippen molar-refractivity contribution in [1.82, 2.24) is 10.2 Å². The predicted octanol–water partition coefficient (Wildman–Crippen LogP) is 2.47. The number of guanidine groups is 1. The summed E-state index contributed by atoms with van der Waals surface area (Å²) in [6.07, 6.45) is 0. The Bertz CT molecular complexity index is 795. The first kappa shape index (κ1) is 16.9. The topological polar surface area (TPSA) is 66.3 Å². The third kappa shape index (κ3) is 3.93. The second kappa shape index (κ2) is 7.29. The van der Waals surface area contributed by atoms with Crippen molar-refractivity contribution >= 4 is 5.96 Å². The van der Waals surface area contributed by atoms with Crippen molar-refractivity contribution < 1.29 is 19.0 Å². The van der Waals surface area contributed by atoms with Gasteiger partial charge in [-0.1, -0.05) is 12.1 Å². The van der Waals surface area contributed by atoms with Crippen LogP contribution in [0.3, 0.4) is 0 Å². The number of halogens is 1. The van der Waals surface area contributed by atoms with Gasteiger partial charge in [0.2, 0.25) is 6.79 Å². The normalized spacial score (nSPS) is 13.0. The van der Waals surface area contributed by atoms with Gasteiger partial charge in [-0.3, -0.25) is 4.99 Å². The molecule has 1 aliphatic heterocycles. The van der Waals surface area contributed by atoms with E-state index in [1.807, 2.05) is 30.1 Å². The molecule has 1 aliphatic rings. The first-order valence-electron chi connectivity index (χ1n) is 7.84. The van der Waals surface area contributed by atoms with E-state index in [4.69, 9.17) is 9.47 Å². The number of ether oxygens (including phenoxy) is 2. The van der Waals surface area contributed by atoms with E-state index in [0.717, 1.165) is 17.1 Å². The zero-order valence-electron chi connectivity index (χ0n) is 14.1. The summed E-state index contributed by atoms with van der Waals surface area (Å²) in [5.41, 5.74) is 1.78. The van der Waals surface area contributed by atoms with Crippen LogP contribution in [0.2, 0.25) is 0 Å². The Kier molecular flexibility index (Phi) is 4.92. The van der Waals surface area contributed by atoms with Gasteiger partial charge >= 0.3 is 0 Å². The Hall–Kier alpha value is -2.96. The lowest BCUT2D eigenvalue weighted by atomic mass is 10.2. The zero-order chi connectivity index (χ0) is 17.8. The molecule has 0 bridgehead atoms. The predicted molar refractivity (Wildman–Crippen MR) is 92.3 cm³/mol. The summed E-state index contributed by atoms with van der Waals surface area (Å²) >= 11 is 0. The molecule has 1 heterocycles. The Morgan fingerprint density at radius 3 is 2.72 bits per heavy atom. The van der Waals surface area contributed by atoms with Gasteiger partial charge in [-0.15, -0.1) is 0 Å². The number of nitrogens with one attached hydrogen (secondary N) is 1. The van der Waals surface area contributed by atoms with E-state index in [9.17, 15) is 9.50 Å². The maximum atomic E-state index is 13.4. The minimum absolute atomic E-state index is 0.251. The highest BCUT2D eigenvalue weighted by Gasteiger charge is 2.14. The molecule has 0 atom stereocenters. The fourth-order valence-corrected chi connectivity index (χ4v) is 2.61. The lowest BCUT2D eigenvalue weighted by Gasteiger charge is -2.22. The molecule has 0 spiro atoms. The quantitative estimate of drug-likeness (QED) is 0.658. The maximum Gasteiger partial charge on any atom is 0.231 e. The van der Waals surface area contributed by atoms with Crippen LogP contribution in [0.5, 0.6) is 17.2 Å². The van der Waals surface area contributed by atoms with Crippen LogP contribution >= 0.6 is 0 Å². The van der Waals surface area contributed by atoms with Crippen molar-refractivity contribution in [3.05, 3.63) is 53.3 Å². The van der Waals surface area contributed by atoms with Crippen LogP contribution in [-0.4, -0.2) is 36.9 Å². The second-order valence-corrected chi connectivity index (χ2v) is 5.73. The maximum absolute atomic E-state index is 13.4. The van der Waals surface area contributed by atoms with E-state index in [1.165, 1.54) is 12.1 Å². The molecule has 0 unspecified atom stereocenters. The number of fused-ring (bicyclic) bond motifs is 1. The molecule has 2 aromatic rings. The molecule has 6 nitrogen and oxygen atoms in total. The summed E-state index contributed by atoms with van der Waals surface area (Å²) in [4.78, 5) is 6.20. The highest BCUT2D eigenvalue weighted by Crippen LogP contribution is 2.32. The molecule has 132 valence electrons. The standard InChI is InChI=1S/C18H20FN3O3/c1-20-18(21-9-12-3-5-15(23)14(19)7-12)22(2)10-13-4-6-16-17(8-13)25-11-24-16/h3-8,23H,9-11H2,1-2H3,(H,20,21). The number of hydrogen-bond donors (Lipinski definition) is 2. The summed E-state index contributed by atoms with van der Waals surface area (Å²) in [5.74, 6) is 1.18. The number of aliphatic imine (C=N–C) groups is 1. The molecule has 0 aromatic heterocycles. The average Bonchev–Trinajstić information content (AvgIpc) is 3.06. The van der Waals surface area contributed by atoms with E-state index in [2.05, 4.69) is 10.3 Å². The molecule has 0 saturated heterocycles. The first-order valence-corrected chi connectivity index (χ1v) is 7.84. The second-order valence-electron chi connectivity index (χ2n) is 5.73. The van der Waals surface area contributed by atoms with Gasteiger partial charge < -0.3 is 24.8 Å².